The number of hydrogen-bond donors (Lipinski definition) is 2. The molecule has 1 aromatic carbocycles. The summed E-state index contributed by atoms with van der Waals surface area (Å²) in [6.07, 6.45) is 0. The van der Waals surface area contributed by atoms with Gasteiger partial charge in [0.05, 0.1) is 6.61 Å². The van der Waals surface area contributed by atoms with E-state index in [-0.39, 0.29) is 18.1 Å². The molecule has 0 amide bonds. The van der Waals surface area contributed by atoms with Crippen LogP contribution in [0.3, 0.4) is 0 Å². The number of carboxylic acids is 1. The van der Waals surface area contributed by atoms with Gasteiger partial charge in [0, 0.05) is 5.56 Å². The third-order valence-electron chi connectivity index (χ3n) is 2.02. The van der Waals surface area contributed by atoms with E-state index in [0.717, 1.165) is 0 Å². The van der Waals surface area contributed by atoms with E-state index in [9.17, 15) is 9.59 Å². The number of rotatable bonds is 5. The van der Waals surface area contributed by atoms with E-state index in [1.807, 2.05) is 0 Å². The summed E-state index contributed by atoms with van der Waals surface area (Å²) < 4.78 is 4.86. The Kier molecular flexibility index (Phi) is 4.28. The summed E-state index contributed by atoms with van der Waals surface area (Å²) in [6.45, 7) is 1.85. The summed E-state index contributed by atoms with van der Waals surface area (Å²) in [7, 11) is 0. The maximum absolute atomic E-state index is 11.9. The van der Waals surface area contributed by atoms with Crippen molar-refractivity contribution in [2.24, 2.45) is 5.73 Å². The van der Waals surface area contributed by atoms with E-state index in [0.29, 0.717) is 0 Å². The van der Waals surface area contributed by atoms with Crippen LogP contribution < -0.4 is 5.73 Å². The molecule has 3 N–H and O–H groups in total. The van der Waals surface area contributed by atoms with Crippen molar-refractivity contribution >= 4 is 11.8 Å². The van der Waals surface area contributed by atoms with Crippen molar-refractivity contribution in [2.45, 2.75) is 6.92 Å². The maximum Gasteiger partial charge on any atom is 0.345 e. The molecule has 0 bridgehead atoms. The second-order valence-corrected chi connectivity index (χ2v) is 3.17. The molecule has 0 atom stereocenters. The van der Waals surface area contributed by atoms with Crippen molar-refractivity contribution in [3.05, 3.63) is 47.4 Å². The normalized spacial score (nSPS) is 11.6. The minimum atomic E-state index is -1.40. The van der Waals surface area contributed by atoms with Gasteiger partial charge in [-0.2, -0.15) is 0 Å². The smallest absolute Gasteiger partial charge is 0.345 e. The highest BCUT2D eigenvalue weighted by Crippen LogP contribution is 2.11. The van der Waals surface area contributed by atoms with Crippen molar-refractivity contribution in [3.63, 3.8) is 0 Å². The number of carbonyl (C=O) groups excluding carboxylic acids is 1. The lowest BCUT2D eigenvalue weighted by Crippen LogP contribution is -2.20. The van der Waals surface area contributed by atoms with Gasteiger partial charge in [-0.1, -0.05) is 30.3 Å². The topological polar surface area (TPSA) is 89.6 Å². The molecule has 0 radical (unpaired) electrons. The summed E-state index contributed by atoms with van der Waals surface area (Å²) in [5.41, 5.74) is 5.14. The van der Waals surface area contributed by atoms with Crippen LogP contribution in [0.15, 0.2) is 41.8 Å². The van der Waals surface area contributed by atoms with E-state index in [4.69, 9.17) is 15.6 Å². The van der Waals surface area contributed by atoms with Crippen molar-refractivity contribution < 1.29 is 19.4 Å². The van der Waals surface area contributed by atoms with Gasteiger partial charge in [-0.25, -0.2) is 4.79 Å². The molecule has 0 aliphatic heterocycles. The molecule has 5 heteroatoms. The summed E-state index contributed by atoms with van der Waals surface area (Å²) in [6, 6.07) is 8.05. The number of ether oxygens (including phenoxy) is 1. The fourth-order valence-electron chi connectivity index (χ4n) is 1.28. The summed E-state index contributed by atoms with van der Waals surface area (Å²) in [5, 5.41) is 8.96. The molecule has 5 nitrogen and oxygen atoms in total. The third kappa shape index (κ3) is 3.07. The van der Waals surface area contributed by atoms with Gasteiger partial charge in [-0.05, 0) is 6.92 Å². The number of nitrogens with two attached hydrogens (primary N) is 1. The summed E-state index contributed by atoms with van der Waals surface area (Å²) in [5.74, 6) is -2.43. The molecule has 0 saturated carbocycles. The van der Waals surface area contributed by atoms with Crippen molar-refractivity contribution in [2.75, 3.05) is 6.61 Å². The lowest BCUT2D eigenvalue weighted by Gasteiger charge is -2.07. The number of hydrogen-bond acceptors (Lipinski definition) is 4. The fourth-order valence-corrected chi connectivity index (χ4v) is 1.28. The molecule has 0 saturated heterocycles. The number of Topliss-reactive ketones (excluding diaryl/α,β-unsaturated/α-hetero) is 1. The maximum atomic E-state index is 11.9. The first-order chi connectivity index (χ1) is 8.07. The Morgan fingerprint density at radius 3 is 2.35 bits per heavy atom. The first kappa shape index (κ1) is 12.8. The van der Waals surface area contributed by atoms with Gasteiger partial charge in [-0.15, -0.1) is 0 Å². The third-order valence-corrected chi connectivity index (χ3v) is 2.02. The predicted molar refractivity (Wildman–Crippen MR) is 61.2 cm³/mol. The van der Waals surface area contributed by atoms with Crippen molar-refractivity contribution in [1.82, 2.24) is 0 Å². The molecule has 0 aliphatic carbocycles. The first-order valence-corrected chi connectivity index (χ1v) is 5.03. The van der Waals surface area contributed by atoms with E-state index < -0.39 is 17.3 Å². The monoisotopic (exact) mass is 235 g/mol. The molecule has 1 rings (SSSR count). The molecule has 0 fully saturated rings. The summed E-state index contributed by atoms with van der Waals surface area (Å²) in [4.78, 5) is 22.9. The van der Waals surface area contributed by atoms with E-state index in [1.54, 1.807) is 25.1 Å². The predicted octanol–water partition coefficient (Wildman–Crippen LogP) is 1.16. The van der Waals surface area contributed by atoms with E-state index in [2.05, 4.69) is 0 Å². The zero-order chi connectivity index (χ0) is 12.8. The molecular formula is C12H13NO4. The zero-order valence-corrected chi connectivity index (χ0v) is 9.34. The highest BCUT2D eigenvalue weighted by atomic mass is 16.5. The highest BCUT2D eigenvalue weighted by molar-refractivity contribution is 6.23. The largest absolute Gasteiger partial charge is 0.479 e. The number of aliphatic carboxylic acids is 1. The molecule has 0 aliphatic rings. The number of carbonyl (C=O) groups is 2. The molecule has 0 unspecified atom stereocenters. The molecule has 0 spiro atoms. The van der Waals surface area contributed by atoms with Crippen LogP contribution in [-0.4, -0.2) is 23.5 Å². The Hall–Kier alpha value is -2.30. The molecule has 0 aromatic heterocycles. The van der Waals surface area contributed by atoms with Gasteiger partial charge in [0.1, 0.15) is 0 Å². The Bertz CT molecular complexity index is 451. The molecule has 0 heterocycles. The lowest BCUT2D eigenvalue weighted by atomic mass is 10.0. The standard InChI is InChI=1S/C12H13NO4/c1-2-17-11(13)9(12(15)16)10(14)8-6-4-3-5-7-8/h3-7H,2,13H2,1H3,(H,15,16). The quantitative estimate of drug-likeness (QED) is 0.263. The van der Waals surface area contributed by atoms with Gasteiger partial charge in [0.15, 0.2) is 5.57 Å². The van der Waals surface area contributed by atoms with Gasteiger partial charge >= 0.3 is 5.97 Å². The van der Waals surface area contributed by atoms with Crippen LogP contribution >= 0.6 is 0 Å². The van der Waals surface area contributed by atoms with Crippen LogP contribution in [0.25, 0.3) is 0 Å². The van der Waals surface area contributed by atoms with Crippen LogP contribution in [-0.2, 0) is 9.53 Å². The van der Waals surface area contributed by atoms with Crippen LogP contribution in [0.5, 0.6) is 0 Å². The van der Waals surface area contributed by atoms with E-state index >= 15 is 0 Å². The van der Waals surface area contributed by atoms with Crippen molar-refractivity contribution in [1.29, 1.82) is 0 Å². The molecule has 90 valence electrons. The lowest BCUT2D eigenvalue weighted by molar-refractivity contribution is -0.132. The first-order valence-electron chi connectivity index (χ1n) is 5.03. The minimum absolute atomic E-state index is 0.199. The van der Waals surface area contributed by atoms with Gasteiger partial charge in [-0.3, -0.25) is 4.79 Å². The highest BCUT2D eigenvalue weighted by Gasteiger charge is 2.23. The average molecular weight is 235 g/mol. The number of benzene rings is 1. The Morgan fingerprint density at radius 1 is 1.29 bits per heavy atom. The van der Waals surface area contributed by atoms with Gasteiger partial charge in [0.25, 0.3) is 0 Å². The Balaban J connectivity index is 3.14. The van der Waals surface area contributed by atoms with Gasteiger partial charge in [0.2, 0.25) is 11.7 Å². The average Bonchev–Trinajstić information content (AvgIpc) is 2.30. The second-order valence-electron chi connectivity index (χ2n) is 3.17. The molecule has 1 aromatic rings. The van der Waals surface area contributed by atoms with Gasteiger partial charge < -0.3 is 15.6 Å². The number of ketones is 1. The minimum Gasteiger partial charge on any atom is -0.479 e. The number of carboxylic acid groups (broad SMARTS) is 1. The van der Waals surface area contributed by atoms with E-state index in [1.165, 1.54) is 12.1 Å². The van der Waals surface area contributed by atoms with Crippen LogP contribution in [0, 0.1) is 0 Å². The second kappa shape index (κ2) is 5.69. The fraction of sp³-hybridized carbons (Fsp3) is 0.167. The molecular weight excluding hydrogens is 222 g/mol. The zero-order valence-electron chi connectivity index (χ0n) is 9.34. The van der Waals surface area contributed by atoms with Crippen molar-refractivity contribution in [3.8, 4) is 0 Å². The molecule has 17 heavy (non-hydrogen) atoms. The van der Waals surface area contributed by atoms with Crippen LogP contribution in [0.1, 0.15) is 17.3 Å². The van der Waals surface area contributed by atoms with Crippen LogP contribution in [0.4, 0.5) is 0 Å². The SMILES string of the molecule is CCOC(N)=C(C(=O)O)C(=O)c1ccccc1. The summed E-state index contributed by atoms with van der Waals surface area (Å²) >= 11 is 0. The van der Waals surface area contributed by atoms with Crippen LogP contribution in [0.2, 0.25) is 0 Å². The Labute approximate surface area is 98.5 Å². The Morgan fingerprint density at radius 2 is 1.88 bits per heavy atom.